The van der Waals surface area contributed by atoms with E-state index in [1.807, 2.05) is 66.7 Å². The van der Waals surface area contributed by atoms with Crippen LogP contribution < -0.4 is 4.90 Å². The Morgan fingerprint density at radius 3 is 1.67 bits per heavy atom. The number of para-hydroxylation sites is 1. The van der Waals surface area contributed by atoms with Gasteiger partial charge in [-0.3, -0.25) is 0 Å². The zero-order valence-electron chi connectivity index (χ0n) is 28.9. The van der Waals surface area contributed by atoms with Crippen molar-refractivity contribution in [1.82, 2.24) is 4.98 Å². The highest BCUT2D eigenvalue weighted by Crippen LogP contribution is 2.41. The molecule has 3 heterocycles. The molecule has 0 amide bonds. The monoisotopic (exact) mass is 694 g/mol. The van der Waals surface area contributed by atoms with Gasteiger partial charge in [0.2, 0.25) is 5.89 Å². The molecule has 11 rings (SSSR count). The quantitative estimate of drug-likeness (QED) is 0.173. The zero-order chi connectivity index (χ0) is 35.6. The van der Waals surface area contributed by atoms with E-state index in [9.17, 15) is 0 Å². The lowest BCUT2D eigenvalue weighted by atomic mass is 10.0. The largest absolute Gasteiger partial charge is 0.456 e. The summed E-state index contributed by atoms with van der Waals surface area (Å²) in [5.74, 6) is 0.595. The fourth-order valence-electron chi connectivity index (χ4n) is 7.67. The Bertz CT molecular complexity index is 3140. The topological polar surface area (TPSA) is 55.6 Å². The number of fused-ring (bicyclic) bond motifs is 8. The average molecular weight is 695 g/mol. The third-order valence-electron chi connectivity index (χ3n) is 10.3. The molecule has 0 spiro atoms. The van der Waals surface area contributed by atoms with Crippen LogP contribution in [0.5, 0.6) is 0 Å². The first-order valence-corrected chi connectivity index (χ1v) is 18.0. The number of hydrogen-bond donors (Lipinski definition) is 0. The van der Waals surface area contributed by atoms with Crippen molar-refractivity contribution in [3.05, 3.63) is 182 Å². The fraction of sp³-hybridized carbons (Fsp3) is 0. The van der Waals surface area contributed by atoms with Crippen molar-refractivity contribution in [3.8, 4) is 33.7 Å². The Hall–Kier alpha value is -7.37. The van der Waals surface area contributed by atoms with Gasteiger partial charge in [-0.25, -0.2) is 4.98 Å². The molecule has 0 unspecified atom stereocenters. The number of rotatable bonds is 6. The van der Waals surface area contributed by atoms with E-state index in [1.54, 1.807) is 0 Å². The highest BCUT2D eigenvalue weighted by Gasteiger charge is 2.19. The number of benzene rings is 8. The van der Waals surface area contributed by atoms with Crippen molar-refractivity contribution in [1.29, 1.82) is 0 Å². The van der Waals surface area contributed by atoms with Crippen LogP contribution in [0.25, 0.3) is 88.7 Å². The molecule has 0 atom stereocenters. The summed E-state index contributed by atoms with van der Waals surface area (Å²) in [6, 6.07) is 62.9. The normalized spacial score (nSPS) is 11.7. The minimum atomic E-state index is 0.595. The van der Waals surface area contributed by atoms with Gasteiger partial charge in [0.1, 0.15) is 27.8 Å². The molecule has 0 aliphatic carbocycles. The lowest BCUT2D eigenvalue weighted by Gasteiger charge is -2.26. The third-order valence-corrected chi connectivity index (χ3v) is 10.3. The Balaban J connectivity index is 1.00. The van der Waals surface area contributed by atoms with Gasteiger partial charge in [0.05, 0.1) is 5.39 Å². The van der Waals surface area contributed by atoms with Gasteiger partial charge in [-0.15, -0.1) is 0 Å². The summed E-state index contributed by atoms with van der Waals surface area (Å²) in [6.45, 7) is 0. The molecule has 254 valence electrons. The van der Waals surface area contributed by atoms with E-state index in [1.165, 1.54) is 11.1 Å². The van der Waals surface area contributed by atoms with E-state index in [4.69, 9.17) is 18.2 Å². The molecule has 0 aliphatic rings. The van der Waals surface area contributed by atoms with Crippen molar-refractivity contribution >= 4 is 72.0 Å². The average Bonchev–Trinajstić information content (AvgIpc) is 3.95. The van der Waals surface area contributed by atoms with Crippen LogP contribution in [0.1, 0.15) is 0 Å². The number of furan rings is 2. The molecular formula is C49H30N2O3. The Kier molecular flexibility index (Phi) is 6.79. The molecule has 0 fully saturated rings. The summed E-state index contributed by atoms with van der Waals surface area (Å²) in [4.78, 5) is 7.09. The van der Waals surface area contributed by atoms with Gasteiger partial charge in [0.25, 0.3) is 0 Å². The Morgan fingerprint density at radius 1 is 0.352 bits per heavy atom. The molecule has 54 heavy (non-hydrogen) atoms. The summed E-state index contributed by atoms with van der Waals surface area (Å²) in [7, 11) is 0. The van der Waals surface area contributed by atoms with E-state index in [-0.39, 0.29) is 0 Å². The molecule has 3 aromatic heterocycles. The number of nitrogens with zero attached hydrogens (tertiary/aromatic N) is 2. The van der Waals surface area contributed by atoms with Crippen LogP contribution >= 0.6 is 0 Å². The first-order valence-electron chi connectivity index (χ1n) is 18.0. The Morgan fingerprint density at radius 2 is 0.907 bits per heavy atom. The molecule has 0 N–H and O–H groups in total. The van der Waals surface area contributed by atoms with E-state index < -0.39 is 0 Å². The molecule has 5 heteroatoms. The number of aromatic nitrogens is 1. The van der Waals surface area contributed by atoms with Crippen molar-refractivity contribution < 1.29 is 13.3 Å². The molecular weight excluding hydrogens is 665 g/mol. The highest BCUT2D eigenvalue weighted by molar-refractivity contribution is 6.17. The summed E-state index contributed by atoms with van der Waals surface area (Å²) in [5.41, 5.74) is 13.4. The predicted octanol–water partition coefficient (Wildman–Crippen LogP) is 14.1. The second-order valence-electron chi connectivity index (χ2n) is 13.6. The van der Waals surface area contributed by atoms with E-state index in [0.29, 0.717) is 5.89 Å². The highest BCUT2D eigenvalue weighted by atomic mass is 16.4. The lowest BCUT2D eigenvalue weighted by Crippen LogP contribution is -2.09. The molecule has 0 bridgehead atoms. The SMILES string of the molecule is c1ccc(-c2ccc(N(c3ccc(-c4ccc5oc6ccc7nc(-c8ccccc8)oc7c6c5c4)cc3)c3ccc4c(c3)oc3ccccc34)cc2)cc1. The van der Waals surface area contributed by atoms with Crippen molar-refractivity contribution in [3.63, 3.8) is 0 Å². The molecule has 0 saturated carbocycles. The first kappa shape index (κ1) is 30.3. The maximum absolute atomic E-state index is 6.40. The van der Waals surface area contributed by atoms with Crippen LogP contribution in [0.4, 0.5) is 17.1 Å². The minimum absolute atomic E-state index is 0.595. The van der Waals surface area contributed by atoms with Crippen LogP contribution in [0.15, 0.2) is 195 Å². The Labute approximate surface area is 309 Å². The van der Waals surface area contributed by atoms with Gasteiger partial charge in [-0.2, -0.15) is 0 Å². The lowest BCUT2D eigenvalue weighted by molar-refractivity contribution is 0.622. The van der Waals surface area contributed by atoms with Crippen molar-refractivity contribution in [2.45, 2.75) is 0 Å². The smallest absolute Gasteiger partial charge is 0.227 e. The van der Waals surface area contributed by atoms with Crippen molar-refractivity contribution in [2.24, 2.45) is 0 Å². The van der Waals surface area contributed by atoms with E-state index in [2.05, 4.69) is 120 Å². The van der Waals surface area contributed by atoms with Gasteiger partial charge in [0.15, 0.2) is 5.58 Å². The summed E-state index contributed by atoms with van der Waals surface area (Å²) >= 11 is 0. The summed E-state index contributed by atoms with van der Waals surface area (Å²) < 4.78 is 19.0. The molecule has 5 nitrogen and oxygen atoms in total. The van der Waals surface area contributed by atoms with Gasteiger partial charge in [-0.05, 0) is 101 Å². The molecule has 0 radical (unpaired) electrons. The minimum Gasteiger partial charge on any atom is -0.456 e. The van der Waals surface area contributed by atoms with E-state index >= 15 is 0 Å². The van der Waals surface area contributed by atoms with Gasteiger partial charge < -0.3 is 18.2 Å². The number of anilines is 3. The van der Waals surface area contributed by atoms with Crippen LogP contribution in [0, 0.1) is 0 Å². The van der Waals surface area contributed by atoms with Crippen LogP contribution in [0.2, 0.25) is 0 Å². The standard InChI is InChI=1S/C49H30N2O3/c1-3-9-31(10-4-1)32-15-20-36(21-16-32)51(38-24-25-40-39-13-7-8-14-43(39)53-46(40)30-38)37-22-17-33(18-23-37)35-19-27-44-41(29-35)47-45(52-44)28-26-42-48(47)54-49(50-42)34-11-5-2-6-12-34/h1-30H. The summed E-state index contributed by atoms with van der Waals surface area (Å²) in [6.07, 6.45) is 0. The van der Waals surface area contributed by atoms with Gasteiger partial charge >= 0.3 is 0 Å². The molecule has 8 aromatic carbocycles. The van der Waals surface area contributed by atoms with Crippen LogP contribution in [-0.2, 0) is 0 Å². The number of hydrogen-bond acceptors (Lipinski definition) is 5. The first-order chi connectivity index (χ1) is 26.7. The van der Waals surface area contributed by atoms with Crippen molar-refractivity contribution in [2.75, 3.05) is 4.90 Å². The second-order valence-corrected chi connectivity index (χ2v) is 13.6. The predicted molar refractivity (Wildman–Crippen MR) is 220 cm³/mol. The second kappa shape index (κ2) is 12.1. The molecule has 0 aliphatic heterocycles. The fourth-order valence-corrected chi connectivity index (χ4v) is 7.67. The maximum Gasteiger partial charge on any atom is 0.227 e. The van der Waals surface area contributed by atoms with E-state index in [0.717, 1.165) is 88.7 Å². The van der Waals surface area contributed by atoms with Gasteiger partial charge in [0, 0.05) is 44.9 Å². The van der Waals surface area contributed by atoms with Crippen LogP contribution in [-0.4, -0.2) is 4.98 Å². The summed E-state index contributed by atoms with van der Waals surface area (Å²) in [5, 5.41) is 4.14. The maximum atomic E-state index is 6.40. The molecule has 0 saturated heterocycles. The third kappa shape index (κ3) is 4.98. The molecule has 11 aromatic rings. The van der Waals surface area contributed by atoms with Gasteiger partial charge in [-0.1, -0.05) is 97.1 Å². The van der Waals surface area contributed by atoms with Crippen LogP contribution in [0.3, 0.4) is 0 Å². The number of oxazole rings is 1. The zero-order valence-corrected chi connectivity index (χ0v) is 28.9.